The SMILES string of the molecule is O=C(COc1ccc(Cl)cc1)N=C1S[C@@H]2CS(=O)(=O)C[C@@H]2N1c1ccc(Br)cc1. The summed E-state index contributed by atoms with van der Waals surface area (Å²) in [5.74, 6) is 0.223. The highest BCUT2D eigenvalue weighted by Crippen LogP contribution is 2.41. The van der Waals surface area contributed by atoms with E-state index in [1.807, 2.05) is 29.2 Å². The second-order valence-corrected chi connectivity index (χ2v) is 11.4. The summed E-state index contributed by atoms with van der Waals surface area (Å²) in [6, 6.07) is 14.0. The average molecular weight is 516 g/mol. The van der Waals surface area contributed by atoms with Crippen LogP contribution < -0.4 is 9.64 Å². The lowest BCUT2D eigenvalue weighted by Crippen LogP contribution is -2.37. The van der Waals surface area contributed by atoms with Crippen LogP contribution in [-0.4, -0.2) is 48.9 Å². The summed E-state index contributed by atoms with van der Waals surface area (Å²) in [5.41, 5.74) is 0.801. The molecule has 2 fully saturated rings. The van der Waals surface area contributed by atoms with Crippen molar-refractivity contribution in [2.75, 3.05) is 23.0 Å². The van der Waals surface area contributed by atoms with Crippen molar-refractivity contribution in [3.8, 4) is 5.75 Å². The van der Waals surface area contributed by atoms with Crippen LogP contribution in [0.2, 0.25) is 5.02 Å². The maximum atomic E-state index is 12.4. The number of hydrogen-bond donors (Lipinski definition) is 0. The first-order valence-corrected chi connectivity index (χ1v) is 12.6. The minimum absolute atomic E-state index is 0.0508. The smallest absolute Gasteiger partial charge is 0.285 e. The standard InChI is InChI=1S/C19H16BrClN2O4S2/c20-12-1-5-14(6-2-12)23-16-10-29(25,26)11-17(16)28-19(23)22-18(24)9-27-15-7-3-13(21)4-8-15/h1-8,16-17H,9-11H2/t16-,17+/m0/s1. The van der Waals surface area contributed by atoms with Crippen molar-refractivity contribution in [2.45, 2.75) is 11.3 Å². The molecule has 2 heterocycles. The molecule has 6 nitrogen and oxygen atoms in total. The van der Waals surface area contributed by atoms with Gasteiger partial charge in [-0.05, 0) is 48.5 Å². The van der Waals surface area contributed by atoms with E-state index >= 15 is 0 Å². The normalized spacial score (nSPS) is 23.9. The molecule has 2 aromatic carbocycles. The van der Waals surface area contributed by atoms with Crippen LogP contribution >= 0.6 is 39.3 Å². The molecule has 0 spiro atoms. The number of ether oxygens (including phenoxy) is 1. The average Bonchev–Trinajstić information content (AvgIpc) is 3.13. The second kappa shape index (κ2) is 8.29. The Balaban J connectivity index is 1.54. The molecule has 0 N–H and O–H groups in total. The van der Waals surface area contributed by atoms with Crippen molar-refractivity contribution in [1.29, 1.82) is 0 Å². The Labute approximate surface area is 186 Å². The molecule has 0 aromatic heterocycles. The predicted molar refractivity (Wildman–Crippen MR) is 120 cm³/mol. The van der Waals surface area contributed by atoms with E-state index < -0.39 is 15.7 Å². The van der Waals surface area contributed by atoms with Gasteiger partial charge in [-0.3, -0.25) is 4.79 Å². The number of fused-ring (bicyclic) bond motifs is 1. The maximum Gasteiger partial charge on any atom is 0.285 e. The Morgan fingerprint density at radius 2 is 1.86 bits per heavy atom. The molecule has 0 aliphatic carbocycles. The third kappa shape index (κ3) is 4.79. The molecule has 2 atom stereocenters. The van der Waals surface area contributed by atoms with Gasteiger partial charge in [-0.15, -0.1) is 0 Å². The maximum absolute atomic E-state index is 12.4. The Morgan fingerprint density at radius 1 is 1.17 bits per heavy atom. The van der Waals surface area contributed by atoms with Gasteiger partial charge < -0.3 is 9.64 Å². The third-order valence-electron chi connectivity index (χ3n) is 4.57. The van der Waals surface area contributed by atoms with Crippen LogP contribution in [0.3, 0.4) is 0 Å². The van der Waals surface area contributed by atoms with Gasteiger partial charge >= 0.3 is 0 Å². The molecule has 2 aromatic rings. The zero-order chi connectivity index (χ0) is 20.6. The molecule has 2 aliphatic rings. The number of carbonyl (C=O) groups is 1. The van der Waals surface area contributed by atoms with E-state index in [4.69, 9.17) is 16.3 Å². The second-order valence-electron chi connectivity index (χ2n) is 6.68. The summed E-state index contributed by atoms with van der Waals surface area (Å²) in [6.07, 6.45) is 0. The lowest BCUT2D eigenvalue weighted by Gasteiger charge is -2.24. The van der Waals surface area contributed by atoms with Gasteiger partial charge in [0.15, 0.2) is 21.6 Å². The van der Waals surface area contributed by atoms with E-state index in [0.717, 1.165) is 10.2 Å². The van der Waals surface area contributed by atoms with Crippen molar-refractivity contribution < 1.29 is 17.9 Å². The highest BCUT2D eigenvalue weighted by atomic mass is 79.9. The van der Waals surface area contributed by atoms with Crippen LogP contribution in [-0.2, 0) is 14.6 Å². The Kier molecular flexibility index (Phi) is 5.92. The van der Waals surface area contributed by atoms with Crippen molar-refractivity contribution in [3.63, 3.8) is 0 Å². The number of hydrogen-bond acceptors (Lipinski definition) is 5. The number of sulfone groups is 1. The van der Waals surface area contributed by atoms with Crippen LogP contribution in [0.1, 0.15) is 0 Å². The zero-order valence-electron chi connectivity index (χ0n) is 15.0. The van der Waals surface area contributed by atoms with Crippen molar-refractivity contribution in [3.05, 3.63) is 58.0 Å². The fraction of sp³-hybridized carbons (Fsp3) is 0.263. The molecule has 152 valence electrons. The Bertz CT molecular complexity index is 1060. The molecule has 0 bridgehead atoms. The summed E-state index contributed by atoms with van der Waals surface area (Å²) in [7, 11) is -3.10. The number of aliphatic imine (C=N–C) groups is 1. The predicted octanol–water partition coefficient (Wildman–Crippen LogP) is 3.78. The number of rotatable bonds is 4. The quantitative estimate of drug-likeness (QED) is 0.617. The van der Waals surface area contributed by atoms with Crippen molar-refractivity contribution in [2.24, 2.45) is 4.99 Å². The summed E-state index contributed by atoms with van der Waals surface area (Å²) in [4.78, 5) is 18.5. The largest absolute Gasteiger partial charge is 0.484 e. The highest BCUT2D eigenvalue weighted by Gasteiger charge is 2.49. The van der Waals surface area contributed by atoms with Crippen molar-refractivity contribution in [1.82, 2.24) is 0 Å². The fourth-order valence-electron chi connectivity index (χ4n) is 3.28. The molecule has 0 unspecified atom stereocenters. The summed E-state index contributed by atoms with van der Waals surface area (Å²) >= 11 is 10.6. The van der Waals surface area contributed by atoms with E-state index in [1.165, 1.54) is 11.8 Å². The van der Waals surface area contributed by atoms with Gasteiger partial charge in [-0.25, -0.2) is 8.42 Å². The first-order chi connectivity index (χ1) is 13.8. The molecule has 4 rings (SSSR count). The van der Waals surface area contributed by atoms with Crippen LogP contribution in [0.25, 0.3) is 0 Å². The number of benzene rings is 2. The number of amidine groups is 1. The van der Waals surface area contributed by atoms with Crippen LogP contribution in [0.15, 0.2) is 58.0 Å². The zero-order valence-corrected chi connectivity index (χ0v) is 19.0. The number of nitrogens with zero attached hydrogens (tertiary/aromatic N) is 2. The minimum Gasteiger partial charge on any atom is -0.484 e. The van der Waals surface area contributed by atoms with Crippen molar-refractivity contribution >= 4 is 65.9 Å². The fourth-order valence-corrected chi connectivity index (χ4v) is 7.60. The Hall–Kier alpha value is -1.55. The first-order valence-electron chi connectivity index (χ1n) is 8.72. The number of halogens is 2. The van der Waals surface area contributed by atoms with Gasteiger partial charge in [0.1, 0.15) is 5.75 Å². The van der Waals surface area contributed by atoms with Crippen LogP contribution in [0.5, 0.6) is 5.75 Å². The van der Waals surface area contributed by atoms with E-state index in [0.29, 0.717) is 15.9 Å². The lowest BCUT2D eigenvalue weighted by molar-refractivity contribution is -0.119. The van der Waals surface area contributed by atoms with Gasteiger partial charge in [0.25, 0.3) is 5.91 Å². The number of thioether (sulfide) groups is 1. The Morgan fingerprint density at radius 3 is 2.55 bits per heavy atom. The molecule has 0 saturated carbocycles. The van der Waals surface area contributed by atoms with E-state index in [1.54, 1.807) is 24.3 Å². The molecule has 2 saturated heterocycles. The van der Waals surface area contributed by atoms with E-state index in [2.05, 4.69) is 20.9 Å². The minimum atomic E-state index is -3.10. The number of amides is 1. The lowest BCUT2D eigenvalue weighted by atomic mass is 10.2. The van der Waals surface area contributed by atoms with E-state index in [9.17, 15) is 13.2 Å². The monoisotopic (exact) mass is 514 g/mol. The summed E-state index contributed by atoms with van der Waals surface area (Å²) < 4.78 is 30.6. The van der Waals surface area contributed by atoms with Gasteiger partial charge in [0, 0.05) is 20.4 Å². The molecule has 0 radical (unpaired) electrons. The van der Waals surface area contributed by atoms with Gasteiger partial charge in [0.05, 0.1) is 17.5 Å². The molecular weight excluding hydrogens is 500 g/mol. The summed E-state index contributed by atoms with van der Waals surface area (Å²) in [5, 5.41) is 0.937. The molecule has 2 aliphatic heterocycles. The van der Waals surface area contributed by atoms with Crippen LogP contribution in [0, 0.1) is 0 Å². The highest BCUT2D eigenvalue weighted by molar-refractivity contribution is 9.10. The van der Waals surface area contributed by atoms with Gasteiger partial charge in [-0.2, -0.15) is 4.99 Å². The molecule has 1 amide bonds. The van der Waals surface area contributed by atoms with E-state index in [-0.39, 0.29) is 29.4 Å². The van der Waals surface area contributed by atoms with Gasteiger partial charge in [-0.1, -0.05) is 39.3 Å². The first kappa shape index (κ1) is 20.7. The number of carbonyl (C=O) groups excluding carboxylic acids is 1. The molecular formula is C19H16BrClN2O4S2. The van der Waals surface area contributed by atoms with Crippen LogP contribution in [0.4, 0.5) is 5.69 Å². The third-order valence-corrected chi connectivity index (χ3v) is 8.56. The molecule has 10 heteroatoms. The summed E-state index contributed by atoms with van der Waals surface area (Å²) in [6.45, 7) is -0.215. The number of anilines is 1. The van der Waals surface area contributed by atoms with Gasteiger partial charge in [0.2, 0.25) is 0 Å². The molecule has 29 heavy (non-hydrogen) atoms. The topological polar surface area (TPSA) is 76.0 Å².